The fourth-order valence-corrected chi connectivity index (χ4v) is 5.60. The van der Waals surface area contributed by atoms with E-state index < -0.39 is 15.6 Å². The first-order chi connectivity index (χ1) is 16.7. The monoisotopic (exact) mass is 487 g/mol. The minimum atomic E-state index is -4.12. The highest BCUT2D eigenvalue weighted by atomic mass is 32.2. The summed E-state index contributed by atoms with van der Waals surface area (Å²) in [6.07, 6.45) is 4.16. The van der Waals surface area contributed by atoms with Gasteiger partial charge in [-0.25, -0.2) is 17.4 Å². The number of phenolic OH excluding ortho intramolecular Hbond substituents is 1. The van der Waals surface area contributed by atoms with E-state index >= 15 is 0 Å². The van der Waals surface area contributed by atoms with Gasteiger partial charge in [-0.15, -0.1) is 0 Å². The van der Waals surface area contributed by atoms with Crippen LogP contribution in [0, 0.1) is 20.8 Å². The Bertz CT molecular complexity index is 1760. The van der Waals surface area contributed by atoms with Gasteiger partial charge in [0.05, 0.1) is 34.1 Å². The molecule has 0 aliphatic rings. The topological polar surface area (TPSA) is 120 Å². The van der Waals surface area contributed by atoms with Gasteiger partial charge in [-0.05, 0) is 56.7 Å². The first-order valence-corrected chi connectivity index (χ1v) is 12.2. The van der Waals surface area contributed by atoms with Gasteiger partial charge < -0.3 is 5.11 Å². The minimum Gasteiger partial charge on any atom is -0.508 e. The number of hydrogen-bond acceptors (Lipinski definition) is 7. The minimum absolute atomic E-state index is 0.00547. The van der Waals surface area contributed by atoms with E-state index in [0.29, 0.717) is 16.8 Å². The van der Waals surface area contributed by atoms with Crippen LogP contribution in [-0.2, 0) is 10.0 Å². The first kappa shape index (κ1) is 22.5. The Kier molecular flexibility index (Phi) is 5.25. The highest BCUT2D eigenvalue weighted by Gasteiger charge is 2.27. The first-order valence-electron chi connectivity index (χ1n) is 10.7. The van der Waals surface area contributed by atoms with Crippen molar-refractivity contribution in [2.24, 2.45) is 0 Å². The molecule has 176 valence electrons. The van der Waals surface area contributed by atoms with Crippen molar-refractivity contribution in [2.75, 3.05) is 0 Å². The second kappa shape index (κ2) is 8.17. The molecule has 0 saturated heterocycles. The molecule has 3 aromatic heterocycles. The molecule has 1 N–H and O–H groups in total. The van der Waals surface area contributed by atoms with E-state index in [4.69, 9.17) is 0 Å². The summed E-state index contributed by atoms with van der Waals surface area (Å²) in [6, 6.07) is 12.8. The van der Waals surface area contributed by atoms with Crippen LogP contribution in [0.15, 0.2) is 76.9 Å². The Hall–Kier alpha value is -4.31. The number of aromatic hydroxyl groups is 1. The Labute approximate surface area is 201 Å². The van der Waals surface area contributed by atoms with Crippen LogP contribution < -0.4 is 5.56 Å². The number of aryl methyl sites for hydroxylation is 2. The molecule has 35 heavy (non-hydrogen) atoms. The van der Waals surface area contributed by atoms with Crippen molar-refractivity contribution in [2.45, 2.75) is 25.7 Å². The average Bonchev–Trinajstić information content (AvgIpc) is 3.25. The van der Waals surface area contributed by atoms with Crippen LogP contribution in [-0.4, -0.2) is 37.2 Å². The van der Waals surface area contributed by atoms with Gasteiger partial charge in [0.1, 0.15) is 12.1 Å². The fourth-order valence-electron chi connectivity index (χ4n) is 4.11. The predicted molar refractivity (Wildman–Crippen MR) is 131 cm³/mol. The summed E-state index contributed by atoms with van der Waals surface area (Å²) in [4.78, 5) is 18.1. The Balaban J connectivity index is 1.86. The fraction of sp³-hybridized carbons (Fsp3) is 0.120. The zero-order valence-electron chi connectivity index (χ0n) is 19.2. The molecular formula is C25H21N5O4S. The van der Waals surface area contributed by atoms with Crippen molar-refractivity contribution in [1.82, 2.24) is 23.7 Å². The quantitative estimate of drug-likeness (QED) is 0.412. The second-order valence-corrected chi connectivity index (χ2v) is 10.1. The van der Waals surface area contributed by atoms with Gasteiger partial charge in [0.25, 0.3) is 15.6 Å². The lowest BCUT2D eigenvalue weighted by atomic mass is 10.1. The Morgan fingerprint density at radius 2 is 1.69 bits per heavy atom. The second-order valence-electron chi connectivity index (χ2n) is 8.28. The zero-order chi connectivity index (χ0) is 24.9. The molecule has 5 aromatic rings. The highest BCUT2D eigenvalue weighted by Crippen LogP contribution is 2.31. The number of fused-ring (bicyclic) bond motifs is 1. The van der Waals surface area contributed by atoms with Gasteiger partial charge in [-0.3, -0.25) is 9.36 Å². The third-order valence-electron chi connectivity index (χ3n) is 5.96. The van der Waals surface area contributed by atoms with Gasteiger partial charge in [-0.2, -0.15) is 10.2 Å². The predicted octanol–water partition coefficient (Wildman–Crippen LogP) is 3.51. The summed E-state index contributed by atoms with van der Waals surface area (Å²) in [5.74, 6) is 0.0423. The maximum atomic E-state index is 13.8. The summed E-state index contributed by atoms with van der Waals surface area (Å²) in [5.41, 5.74) is 2.91. The number of hydrogen-bond donors (Lipinski definition) is 1. The molecule has 0 unspecified atom stereocenters. The van der Waals surface area contributed by atoms with Crippen molar-refractivity contribution in [3.05, 3.63) is 94.3 Å². The SMILES string of the molecule is Cc1ccc(S(=O)(=O)n2c(-c3ccnnc3)cc3c(=O)n(-c4c(C)ccc(O)c4C)cnc32)cc1. The molecular weight excluding hydrogens is 466 g/mol. The third kappa shape index (κ3) is 3.58. The number of nitrogens with zero attached hydrogens (tertiary/aromatic N) is 5. The van der Waals surface area contributed by atoms with E-state index in [-0.39, 0.29) is 27.4 Å². The van der Waals surface area contributed by atoms with Crippen LogP contribution in [0.5, 0.6) is 5.75 Å². The van der Waals surface area contributed by atoms with Gasteiger partial charge in [-0.1, -0.05) is 23.8 Å². The molecule has 10 heteroatoms. The summed E-state index contributed by atoms with van der Waals surface area (Å²) >= 11 is 0. The largest absolute Gasteiger partial charge is 0.508 e. The Morgan fingerprint density at radius 1 is 0.943 bits per heavy atom. The van der Waals surface area contributed by atoms with Gasteiger partial charge >= 0.3 is 0 Å². The van der Waals surface area contributed by atoms with E-state index in [1.54, 1.807) is 37.3 Å². The lowest BCUT2D eigenvalue weighted by Crippen LogP contribution is -2.21. The van der Waals surface area contributed by atoms with Crippen molar-refractivity contribution < 1.29 is 13.5 Å². The molecule has 5 rings (SSSR count). The van der Waals surface area contributed by atoms with Gasteiger partial charge in [0.15, 0.2) is 5.65 Å². The molecule has 0 radical (unpaired) electrons. The number of rotatable bonds is 4. The van der Waals surface area contributed by atoms with E-state index in [1.165, 1.54) is 41.5 Å². The normalized spacial score (nSPS) is 11.7. The van der Waals surface area contributed by atoms with Crippen LogP contribution in [0.3, 0.4) is 0 Å². The molecule has 0 amide bonds. The molecule has 0 atom stereocenters. The lowest BCUT2D eigenvalue weighted by Gasteiger charge is -2.14. The molecule has 2 aromatic carbocycles. The van der Waals surface area contributed by atoms with E-state index in [2.05, 4.69) is 15.2 Å². The summed E-state index contributed by atoms with van der Waals surface area (Å²) < 4.78 is 29.9. The standard InChI is InChI=1S/C25H21N5O4S/c1-15-4-7-19(8-5-15)35(33,34)30-21(18-10-11-27-28-13-18)12-20-24(30)26-14-29(25(20)32)23-16(2)6-9-22(31)17(23)3/h4-14,31H,1-3H3. The van der Waals surface area contributed by atoms with Crippen LogP contribution in [0.4, 0.5) is 0 Å². The average molecular weight is 488 g/mol. The van der Waals surface area contributed by atoms with Crippen LogP contribution >= 0.6 is 0 Å². The summed E-state index contributed by atoms with van der Waals surface area (Å²) in [5, 5.41) is 18.0. The van der Waals surface area contributed by atoms with E-state index in [9.17, 15) is 18.3 Å². The lowest BCUT2D eigenvalue weighted by molar-refractivity contribution is 0.470. The van der Waals surface area contributed by atoms with Crippen molar-refractivity contribution >= 4 is 21.1 Å². The van der Waals surface area contributed by atoms with Crippen LogP contribution in [0.2, 0.25) is 0 Å². The molecule has 0 fully saturated rings. The highest BCUT2D eigenvalue weighted by molar-refractivity contribution is 7.90. The maximum Gasteiger partial charge on any atom is 0.269 e. The van der Waals surface area contributed by atoms with Gasteiger partial charge in [0, 0.05) is 11.1 Å². The van der Waals surface area contributed by atoms with E-state index in [1.807, 2.05) is 13.8 Å². The van der Waals surface area contributed by atoms with E-state index in [0.717, 1.165) is 15.1 Å². The maximum absolute atomic E-state index is 13.8. The molecule has 0 bridgehead atoms. The molecule has 0 aliphatic heterocycles. The molecule has 0 spiro atoms. The van der Waals surface area contributed by atoms with Crippen molar-refractivity contribution in [1.29, 1.82) is 0 Å². The van der Waals surface area contributed by atoms with Crippen molar-refractivity contribution in [3.8, 4) is 22.7 Å². The third-order valence-corrected chi connectivity index (χ3v) is 7.68. The number of aromatic nitrogens is 5. The van der Waals surface area contributed by atoms with Crippen LogP contribution in [0.25, 0.3) is 28.0 Å². The molecule has 3 heterocycles. The smallest absolute Gasteiger partial charge is 0.269 e. The molecule has 0 aliphatic carbocycles. The van der Waals surface area contributed by atoms with Crippen LogP contribution in [0.1, 0.15) is 16.7 Å². The number of phenols is 1. The Morgan fingerprint density at radius 3 is 2.37 bits per heavy atom. The molecule has 9 nitrogen and oxygen atoms in total. The number of benzene rings is 2. The van der Waals surface area contributed by atoms with Gasteiger partial charge in [0.2, 0.25) is 0 Å². The summed E-state index contributed by atoms with van der Waals surface area (Å²) in [6.45, 7) is 5.39. The zero-order valence-corrected chi connectivity index (χ0v) is 20.0. The summed E-state index contributed by atoms with van der Waals surface area (Å²) in [7, 11) is -4.12. The van der Waals surface area contributed by atoms with Crippen molar-refractivity contribution in [3.63, 3.8) is 0 Å². The molecule has 0 saturated carbocycles.